The Morgan fingerprint density at radius 1 is 0.800 bits per heavy atom. The molecule has 0 aliphatic carbocycles. The van der Waals surface area contributed by atoms with Crippen LogP contribution in [0.15, 0.2) is 14.4 Å². The van der Waals surface area contributed by atoms with Crippen LogP contribution in [0.5, 0.6) is 0 Å². The van der Waals surface area contributed by atoms with Crippen LogP contribution in [0.2, 0.25) is 0 Å². The predicted octanol–water partition coefficient (Wildman–Crippen LogP) is -4.49. The van der Waals surface area contributed by atoms with Gasteiger partial charge < -0.3 is 20.4 Å². The van der Waals surface area contributed by atoms with E-state index in [0.717, 1.165) is 0 Å². The highest BCUT2D eigenvalue weighted by atomic mass is 16.3. The summed E-state index contributed by atoms with van der Waals surface area (Å²) in [6, 6.07) is 0. The van der Waals surface area contributed by atoms with Gasteiger partial charge in [-0.2, -0.15) is 0 Å². The van der Waals surface area contributed by atoms with Gasteiger partial charge in [0.25, 0.3) is 0 Å². The maximum Gasteiger partial charge on any atom is 0.336 e. The lowest BCUT2D eigenvalue weighted by Gasteiger charge is -2.14. The van der Waals surface area contributed by atoms with E-state index in [0.29, 0.717) is 13.7 Å². The first-order valence-corrected chi connectivity index (χ1v) is 5.93. The molecule has 0 aromatic carbocycles. The van der Waals surface area contributed by atoms with E-state index in [1.165, 1.54) is 0 Å². The minimum absolute atomic E-state index is 0.321. The Hall–Kier alpha value is -1.75. The Morgan fingerprint density at radius 2 is 1.20 bits per heavy atom. The maximum atomic E-state index is 12.0. The first kappa shape index (κ1) is 16.3. The summed E-state index contributed by atoms with van der Waals surface area (Å²) in [6.45, 7) is -2.78. The average molecular weight is 291 g/mol. The van der Waals surface area contributed by atoms with Crippen molar-refractivity contribution in [2.45, 2.75) is 25.7 Å². The lowest BCUT2D eigenvalue weighted by atomic mass is 10.4. The van der Waals surface area contributed by atoms with E-state index >= 15 is 0 Å². The maximum absolute atomic E-state index is 12.0. The molecule has 4 N–H and O–H groups in total. The average Bonchev–Trinajstić information content (AvgIpc) is 2.44. The number of aromatic nitrogens is 3. The number of aliphatic hydroxyl groups is 4. The van der Waals surface area contributed by atoms with Gasteiger partial charge >= 0.3 is 17.1 Å². The van der Waals surface area contributed by atoms with E-state index in [1.807, 2.05) is 0 Å². The Morgan fingerprint density at radius 3 is 1.55 bits per heavy atom. The second kappa shape index (κ2) is 7.14. The van der Waals surface area contributed by atoms with Gasteiger partial charge in [0.05, 0.1) is 45.6 Å². The van der Waals surface area contributed by atoms with Crippen molar-refractivity contribution in [3.8, 4) is 0 Å². The van der Waals surface area contributed by atoms with Crippen LogP contribution in [-0.2, 0) is 19.6 Å². The molecule has 20 heavy (non-hydrogen) atoms. The summed E-state index contributed by atoms with van der Waals surface area (Å²) in [4.78, 5) is 35.8. The second-order valence-corrected chi connectivity index (χ2v) is 4.05. The molecule has 1 atom stereocenters. The Kier molecular flexibility index (Phi) is 5.82. The zero-order valence-electron chi connectivity index (χ0n) is 10.7. The third kappa shape index (κ3) is 3.22. The molecule has 0 saturated heterocycles. The number of rotatable bonds is 7. The molecule has 0 saturated carbocycles. The molecule has 1 aromatic rings. The van der Waals surface area contributed by atoms with Crippen molar-refractivity contribution in [1.82, 2.24) is 13.7 Å². The molecule has 0 radical (unpaired) electrons. The van der Waals surface area contributed by atoms with Crippen LogP contribution in [0, 0.1) is 0 Å². The largest absolute Gasteiger partial charge is 0.395 e. The molecule has 10 heteroatoms. The molecule has 0 bridgehead atoms. The van der Waals surface area contributed by atoms with Crippen LogP contribution >= 0.6 is 0 Å². The summed E-state index contributed by atoms with van der Waals surface area (Å²) in [7, 11) is 0. The van der Waals surface area contributed by atoms with Crippen molar-refractivity contribution in [2.24, 2.45) is 0 Å². The fraction of sp³-hybridized carbons (Fsp3) is 0.700. The third-order valence-electron chi connectivity index (χ3n) is 2.64. The van der Waals surface area contributed by atoms with Crippen LogP contribution in [0.4, 0.5) is 0 Å². The molecule has 10 nitrogen and oxygen atoms in total. The van der Waals surface area contributed by atoms with Crippen LogP contribution in [0.25, 0.3) is 0 Å². The van der Waals surface area contributed by atoms with E-state index in [2.05, 4.69) is 0 Å². The molecular formula is C10H17N3O7. The lowest BCUT2D eigenvalue weighted by Crippen LogP contribution is -2.56. The zero-order valence-corrected chi connectivity index (χ0v) is 10.7. The molecule has 1 unspecified atom stereocenters. The summed E-state index contributed by atoms with van der Waals surface area (Å²) in [5, 5.41) is 35.8. The number of hydrogen-bond donors (Lipinski definition) is 4. The van der Waals surface area contributed by atoms with Gasteiger partial charge in [0, 0.05) is 0 Å². The summed E-state index contributed by atoms with van der Waals surface area (Å²) in [5.41, 5.74) is -2.93. The first-order chi connectivity index (χ1) is 9.47. The molecule has 0 fully saturated rings. The lowest BCUT2D eigenvalue weighted by molar-refractivity contribution is 0.0774. The van der Waals surface area contributed by atoms with Crippen LogP contribution < -0.4 is 17.1 Å². The molecule has 1 heterocycles. The van der Waals surface area contributed by atoms with Gasteiger partial charge in [-0.25, -0.2) is 28.1 Å². The third-order valence-corrected chi connectivity index (χ3v) is 2.64. The number of hydrogen-bond acceptors (Lipinski definition) is 7. The van der Waals surface area contributed by atoms with E-state index in [4.69, 9.17) is 15.3 Å². The molecule has 1 aromatic heterocycles. The minimum Gasteiger partial charge on any atom is -0.395 e. The van der Waals surface area contributed by atoms with Gasteiger partial charge in [-0.3, -0.25) is 0 Å². The molecule has 0 aliphatic rings. The monoisotopic (exact) mass is 291 g/mol. The van der Waals surface area contributed by atoms with Crippen LogP contribution in [0.1, 0.15) is 0 Å². The standard InChI is InChI=1S/C10H17N3O7/c14-3-1-11-8(18)12(2-4-15)10(20)13(9(11)19)5-7(17)6-16/h7,14-17H,1-6H2. The minimum atomic E-state index is -1.34. The first-order valence-electron chi connectivity index (χ1n) is 5.93. The van der Waals surface area contributed by atoms with E-state index < -0.39 is 49.5 Å². The summed E-state index contributed by atoms with van der Waals surface area (Å²) >= 11 is 0. The van der Waals surface area contributed by atoms with Crippen LogP contribution in [0.3, 0.4) is 0 Å². The highest BCUT2D eigenvalue weighted by Crippen LogP contribution is 1.84. The normalized spacial score (nSPS) is 12.6. The quantitative estimate of drug-likeness (QED) is 0.396. The molecule has 0 spiro atoms. The van der Waals surface area contributed by atoms with E-state index in [1.54, 1.807) is 0 Å². The Balaban J connectivity index is 3.53. The number of aliphatic hydroxyl groups excluding tert-OH is 4. The van der Waals surface area contributed by atoms with Crippen molar-refractivity contribution in [3.63, 3.8) is 0 Å². The van der Waals surface area contributed by atoms with Crippen LogP contribution in [-0.4, -0.2) is 60.1 Å². The second-order valence-electron chi connectivity index (χ2n) is 4.05. The van der Waals surface area contributed by atoms with Crippen molar-refractivity contribution in [3.05, 3.63) is 31.5 Å². The van der Waals surface area contributed by atoms with Gasteiger partial charge in [-0.1, -0.05) is 0 Å². The van der Waals surface area contributed by atoms with Gasteiger partial charge in [-0.05, 0) is 0 Å². The van der Waals surface area contributed by atoms with Crippen molar-refractivity contribution >= 4 is 0 Å². The highest BCUT2D eigenvalue weighted by Gasteiger charge is 2.16. The fourth-order valence-corrected chi connectivity index (χ4v) is 1.69. The molecule has 1 rings (SSSR count). The summed E-state index contributed by atoms with van der Waals surface area (Å²) in [5.74, 6) is 0. The fourth-order valence-electron chi connectivity index (χ4n) is 1.69. The van der Waals surface area contributed by atoms with Gasteiger partial charge in [0.2, 0.25) is 0 Å². The SMILES string of the molecule is O=c1n(CCO)c(=O)n(CC(O)CO)c(=O)n1CCO. The molecule has 114 valence electrons. The summed E-state index contributed by atoms with van der Waals surface area (Å²) < 4.78 is 1.83. The van der Waals surface area contributed by atoms with E-state index in [9.17, 15) is 19.5 Å². The summed E-state index contributed by atoms with van der Waals surface area (Å²) in [6.07, 6.45) is -1.34. The van der Waals surface area contributed by atoms with Gasteiger partial charge in [0.1, 0.15) is 0 Å². The predicted molar refractivity (Wildman–Crippen MR) is 66.5 cm³/mol. The van der Waals surface area contributed by atoms with Gasteiger partial charge in [0.15, 0.2) is 0 Å². The molecular weight excluding hydrogens is 274 g/mol. The Labute approximate surface area is 112 Å². The van der Waals surface area contributed by atoms with Crippen molar-refractivity contribution < 1.29 is 20.4 Å². The highest BCUT2D eigenvalue weighted by molar-refractivity contribution is 4.80. The van der Waals surface area contributed by atoms with Crippen molar-refractivity contribution in [2.75, 3.05) is 19.8 Å². The van der Waals surface area contributed by atoms with Gasteiger partial charge in [-0.15, -0.1) is 0 Å². The molecule has 0 amide bonds. The molecule has 0 aliphatic heterocycles. The zero-order chi connectivity index (χ0) is 15.3. The smallest absolute Gasteiger partial charge is 0.336 e. The number of nitrogens with zero attached hydrogens (tertiary/aromatic N) is 3. The topological polar surface area (TPSA) is 147 Å². The Bertz CT molecular complexity index is 570. The van der Waals surface area contributed by atoms with Crippen molar-refractivity contribution in [1.29, 1.82) is 0 Å². The van der Waals surface area contributed by atoms with E-state index in [-0.39, 0.29) is 13.1 Å².